The fourth-order valence-electron chi connectivity index (χ4n) is 2.25. The molecule has 1 aliphatic rings. The minimum absolute atomic E-state index is 0.116. The Bertz CT molecular complexity index is 162. The van der Waals surface area contributed by atoms with Gasteiger partial charge >= 0.3 is 0 Å². The highest BCUT2D eigenvalue weighted by Crippen LogP contribution is 2.46. The largest absolute Gasteiger partial charge is 0.271 e. The van der Waals surface area contributed by atoms with Crippen LogP contribution in [0.5, 0.6) is 0 Å². The molecule has 12 heavy (non-hydrogen) atoms. The van der Waals surface area contributed by atoms with Crippen LogP contribution in [0.15, 0.2) is 0 Å². The molecule has 0 bridgehead atoms. The molecule has 2 nitrogen and oxygen atoms in total. The maximum atomic E-state index is 5.63. The van der Waals surface area contributed by atoms with Gasteiger partial charge in [0.15, 0.2) is 0 Å². The van der Waals surface area contributed by atoms with Crippen molar-refractivity contribution in [2.75, 3.05) is 0 Å². The number of rotatable bonds is 1. The highest BCUT2D eigenvalue weighted by molar-refractivity contribution is 5.00. The zero-order valence-electron chi connectivity index (χ0n) is 8.78. The van der Waals surface area contributed by atoms with Crippen molar-refractivity contribution in [3.63, 3.8) is 0 Å². The van der Waals surface area contributed by atoms with E-state index in [4.69, 9.17) is 5.84 Å². The zero-order chi connectivity index (χ0) is 9.41. The van der Waals surface area contributed by atoms with E-state index in [0.29, 0.717) is 5.41 Å². The standard InChI is InChI=1S/C10H22N2/c1-8-6-5-7-10(4,12-11)9(8,2)3/h8,12H,5-7,11H2,1-4H3. The minimum atomic E-state index is 0.116. The molecular formula is C10H22N2. The molecule has 3 N–H and O–H groups in total. The van der Waals surface area contributed by atoms with Crippen molar-refractivity contribution < 1.29 is 0 Å². The van der Waals surface area contributed by atoms with Gasteiger partial charge in [-0.2, -0.15) is 0 Å². The van der Waals surface area contributed by atoms with Gasteiger partial charge in [-0.15, -0.1) is 0 Å². The van der Waals surface area contributed by atoms with Crippen LogP contribution in [0.2, 0.25) is 0 Å². The van der Waals surface area contributed by atoms with Gasteiger partial charge < -0.3 is 0 Å². The van der Waals surface area contributed by atoms with Crippen molar-refractivity contribution in [3.8, 4) is 0 Å². The van der Waals surface area contributed by atoms with Gasteiger partial charge in [0, 0.05) is 5.54 Å². The Morgan fingerprint density at radius 3 is 2.33 bits per heavy atom. The average Bonchev–Trinajstić information content (AvgIpc) is 2.01. The van der Waals surface area contributed by atoms with Gasteiger partial charge in [0.1, 0.15) is 0 Å². The van der Waals surface area contributed by atoms with Crippen molar-refractivity contribution in [1.82, 2.24) is 5.43 Å². The maximum Gasteiger partial charge on any atom is 0.0346 e. The van der Waals surface area contributed by atoms with E-state index in [0.717, 1.165) is 5.92 Å². The average molecular weight is 170 g/mol. The molecule has 0 amide bonds. The first-order valence-electron chi connectivity index (χ1n) is 4.92. The van der Waals surface area contributed by atoms with Gasteiger partial charge in [-0.1, -0.05) is 33.6 Å². The molecular weight excluding hydrogens is 148 g/mol. The molecule has 2 unspecified atom stereocenters. The lowest BCUT2D eigenvalue weighted by molar-refractivity contribution is 0.0255. The molecule has 72 valence electrons. The fraction of sp³-hybridized carbons (Fsp3) is 1.00. The Morgan fingerprint density at radius 1 is 1.33 bits per heavy atom. The fourth-order valence-corrected chi connectivity index (χ4v) is 2.25. The third-order valence-electron chi connectivity index (χ3n) is 4.29. The topological polar surface area (TPSA) is 38.0 Å². The van der Waals surface area contributed by atoms with E-state index < -0.39 is 0 Å². The summed E-state index contributed by atoms with van der Waals surface area (Å²) in [6, 6.07) is 0. The molecule has 0 radical (unpaired) electrons. The van der Waals surface area contributed by atoms with Gasteiger partial charge in [0.05, 0.1) is 0 Å². The summed E-state index contributed by atoms with van der Waals surface area (Å²) < 4.78 is 0. The van der Waals surface area contributed by atoms with E-state index in [1.54, 1.807) is 0 Å². The van der Waals surface area contributed by atoms with Gasteiger partial charge in [0.25, 0.3) is 0 Å². The highest BCUT2D eigenvalue weighted by atomic mass is 15.3. The van der Waals surface area contributed by atoms with Crippen LogP contribution in [0.1, 0.15) is 47.0 Å². The maximum absolute atomic E-state index is 5.63. The Hall–Kier alpha value is -0.0800. The summed E-state index contributed by atoms with van der Waals surface area (Å²) in [4.78, 5) is 0. The Kier molecular flexibility index (Phi) is 2.50. The van der Waals surface area contributed by atoms with Crippen molar-refractivity contribution >= 4 is 0 Å². The summed E-state index contributed by atoms with van der Waals surface area (Å²) in [6.07, 6.45) is 3.83. The third kappa shape index (κ3) is 1.27. The van der Waals surface area contributed by atoms with Gasteiger partial charge in [0.2, 0.25) is 0 Å². The smallest absolute Gasteiger partial charge is 0.0346 e. The molecule has 2 atom stereocenters. The lowest BCUT2D eigenvalue weighted by Crippen LogP contribution is -2.60. The van der Waals surface area contributed by atoms with E-state index in [2.05, 4.69) is 33.1 Å². The number of hydrogen-bond donors (Lipinski definition) is 2. The van der Waals surface area contributed by atoms with Crippen LogP contribution in [0, 0.1) is 11.3 Å². The first-order chi connectivity index (χ1) is 5.44. The quantitative estimate of drug-likeness (QED) is 0.467. The molecule has 0 aromatic carbocycles. The minimum Gasteiger partial charge on any atom is -0.271 e. The van der Waals surface area contributed by atoms with Crippen molar-refractivity contribution in [1.29, 1.82) is 0 Å². The molecule has 0 heterocycles. The van der Waals surface area contributed by atoms with Crippen LogP contribution in [0.25, 0.3) is 0 Å². The van der Waals surface area contributed by atoms with Gasteiger partial charge in [-0.05, 0) is 24.7 Å². The Morgan fingerprint density at radius 2 is 1.92 bits per heavy atom. The van der Waals surface area contributed by atoms with Crippen LogP contribution in [-0.2, 0) is 0 Å². The lowest BCUT2D eigenvalue weighted by atomic mass is 9.59. The summed E-state index contributed by atoms with van der Waals surface area (Å²) in [6.45, 7) is 9.20. The summed E-state index contributed by atoms with van der Waals surface area (Å²) in [7, 11) is 0. The Balaban J connectivity index is 2.86. The molecule has 0 aliphatic heterocycles. The number of nitrogens with two attached hydrogens (primary N) is 1. The monoisotopic (exact) mass is 170 g/mol. The predicted molar refractivity (Wildman–Crippen MR) is 52.5 cm³/mol. The molecule has 1 aliphatic carbocycles. The predicted octanol–water partition coefficient (Wildman–Crippen LogP) is 2.05. The first-order valence-corrected chi connectivity index (χ1v) is 4.92. The molecule has 1 rings (SSSR count). The normalized spacial score (nSPS) is 41.2. The van der Waals surface area contributed by atoms with Crippen LogP contribution in [0.3, 0.4) is 0 Å². The molecule has 0 aromatic rings. The van der Waals surface area contributed by atoms with E-state index in [1.165, 1.54) is 19.3 Å². The molecule has 0 spiro atoms. The van der Waals surface area contributed by atoms with Crippen LogP contribution in [-0.4, -0.2) is 5.54 Å². The van der Waals surface area contributed by atoms with E-state index in [9.17, 15) is 0 Å². The van der Waals surface area contributed by atoms with E-state index >= 15 is 0 Å². The van der Waals surface area contributed by atoms with Gasteiger partial charge in [-0.25, -0.2) is 0 Å². The number of hydrazine groups is 1. The second-order valence-electron chi connectivity index (χ2n) is 4.99. The summed E-state index contributed by atoms with van der Waals surface area (Å²) in [5.41, 5.74) is 3.42. The van der Waals surface area contributed by atoms with Crippen molar-refractivity contribution in [2.24, 2.45) is 17.2 Å². The van der Waals surface area contributed by atoms with Gasteiger partial charge in [-0.3, -0.25) is 11.3 Å². The SMILES string of the molecule is CC1CCCC(C)(NN)C1(C)C. The third-order valence-corrected chi connectivity index (χ3v) is 4.29. The summed E-state index contributed by atoms with van der Waals surface area (Å²) in [5, 5.41) is 0. The van der Waals surface area contributed by atoms with E-state index in [1.807, 2.05) is 0 Å². The highest BCUT2D eigenvalue weighted by Gasteiger charge is 2.46. The van der Waals surface area contributed by atoms with Crippen LogP contribution < -0.4 is 11.3 Å². The summed E-state index contributed by atoms with van der Waals surface area (Å²) >= 11 is 0. The molecule has 0 saturated heterocycles. The molecule has 1 fully saturated rings. The first kappa shape index (κ1) is 10.0. The summed E-state index contributed by atoms with van der Waals surface area (Å²) in [5.74, 6) is 6.38. The van der Waals surface area contributed by atoms with Crippen LogP contribution in [0.4, 0.5) is 0 Å². The molecule has 1 saturated carbocycles. The Labute approximate surface area is 75.9 Å². The van der Waals surface area contributed by atoms with Crippen LogP contribution >= 0.6 is 0 Å². The molecule has 0 aromatic heterocycles. The van der Waals surface area contributed by atoms with Crippen molar-refractivity contribution in [2.45, 2.75) is 52.5 Å². The number of hydrogen-bond acceptors (Lipinski definition) is 2. The lowest BCUT2D eigenvalue weighted by Gasteiger charge is -2.51. The van der Waals surface area contributed by atoms with Crippen molar-refractivity contribution in [3.05, 3.63) is 0 Å². The molecule has 2 heteroatoms. The zero-order valence-corrected chi connectivity index (χ0v) is 8.78. The number of nitrogens with one attached hydrogen (secondary N) is 1. The second-order valence-corrected chi connectivity index (χ2v) is 4.99. The van der Waals surface area contributed by atoms with E-state index in [-0.39, 0.29) is 5.54 Å². The second kappa shape index (κ2) is 3.00.